The van der Waals surface area contributed by atoms with Gasteiger partial charge in [0.15, 0.2) is 0 Å². The molecule has 1 aromatic heterocycles. The Kier molecular flexibility index (Phi) is 2.43. The van der Waals surface area contributed by atoms with Crippen molar-refractivity contribution in [3.63, 3.8) is 0 Å². The lowest BCUT2D eigenvalue weighted by atomic mass is 10.2. The summed E-state index contributed by atoms with van der Waals surface area (Å²) in [6, 6.07) is 3.67. The number of hydrogen-bond donors (Lipinski definition) is 1. The second kappa shape index (κ2) is 3.35. The molecule has 1 N–H and O–H groups in total. The van der Waals surface area contributed by atoms with Gasteiger partial charge in [0.05, 0.1) is 6.07 Å². The molecule has 0 spiro atoms. The van der Waals surface area contributed by atoms with Gasteiger partial charge < -0.3 is 5.11 Å². The molecule has 0 amide bonds. The van der Waals surface area contributed by atoms with Gasteiger partial charge >= 0.3 is 0 Å². The van der Waals surface area contributed by atoms with Crippen molar-refractivity contribution in [3.05, 3.63) is 22.4 Å². The minimum absolute atomic E-state index is 0.444. The Bertz CT molecular complexity index is 224. The molecule has 0 radical (unpaired) electrons. The highest BCUT2D eigenvalue weighted by atomic mass is 32.1. The number of hydrogen-bond acceptors (Lipinski definition) is 3. The Morgan fingerprint density at radius 2 is 2.60 bits per heavy atom. The molecule has 3 heteroatoms. The molecule has 1 rings (SSSR count). The summed E-state index contributed by atoms with van der Waals surface area (Å²) in [5, 5.41) is 21.0. The van der Waals surface area contributed by atoms with Crippen molar-refractivity contribution in [2.45, 2.75) is 12.5 Å². The molecule has 0 aliphatic heterocycles. The average Bonchev–Trinajstić information content (AvgIpc) is 2.40. The summed E-state index contributed by atoms with van der Waals surface area (Å²) in [6.07, 6.45) is -0.408. The lowest BCUT2D eigenvalue weighted by Crippen LogP contribution is -2.05. The van der Waals surface area contributed by atoms with Crippen molar-refractivity contribution in [2.24, 2.45) is 0 Å². The van der Waals surface area contributed by atoms with Crippen LogP contribution < -0.4 is 0 Å². The highest BCUT2D eigenvalue weighted by molar-refractivity contribution is 7.07. The fourth-order valence-electron chi connectivity index (χ4n) is 0.678. The van der Waals surface area contributed by atoms with Gasteiger partial charge in [0.2, 0.25) is 0 Å². The Hall–Kier alpha value is -0.850. The molecule has 0 bridgehead atoms. The van der Waals surface area contributed by atoms with Crippen LogP contribution in [0.4, 0.5) is 0 Å². The molecule has 1 aromatic rings. The van der Waals surface area contributed by atoms with E-state index in [9.17, 15) is 0 Å². The third-order valence-corrected chi connectivity index (χ3v) is 1.89. The molecule has 0 fully saturated rings. The number of nitriles is 1. The zero-order chi connectivity index (χ0) is 7.40. The van der Waals surface area contributed by atoms with Gasteiger partial charge in [-0.3, -0.25) is 0 Å². The number of aliphatic hydroxyl groups excluding tert-OH is 1. The van der Waals surface area contributed by atoms with E-state index < -0.39 is 6.10 Å². The van der Waals surface area contributed by atoms with Gasteiger partial charge in [-0.05, 0) is 22.4 Å². The summed E-state index contributed by atoms with van der Waals surface area (Å²) in [4.78, 5) is 0. The molecule has 52 valence electrons. The molecule has 0 aromatic carbocycles. The van der Waals surface area contributed by atoms with Crippen LogP contribution in [0.25, 0.3) is 0 Å². The molecule has 0 aliphatic carbocycles. The monoisotopic (exact) mass is 153 g/mol. The number of nitrogens with zero attached hydrogens (tertiary/aromatic N) is 1. The second-order valence-electron chi connectivity index (χ2n) is 1.98. The number of aliphatic hydroxyl groups is 1. The molecule has 0 aliphatic rings. The smallest absolute Gasteiger partial charge is 0.144 e. The van der Waals surface area contributed by atoms with Crippen LogP contribution in [0.3, 0.4) is 0 Å². The molecular weight excluding hydrogens is 146 g/mol. The van der Waals surface area contributed by atoms with Crippen LogP contribution in [-0.4, -0.2) is 11.2 Å². The van der Waals surface area contributed by atoms with Crippen molar-refractivity contribution in [1.29, 1.82) is 5.26 Å². The predicted molar refractivity (Wildman–Crippen MR) is 39.6 cm³/mol. The normalized spacial score (nSPS) is 12.4. The van der Waals surface area contributed by atoms with Crippen LogP contribution >= 0.6 is 11.3 Å². The largest absolute Gasteiger partial charge is 0.378 e. The minimum atomic E-state index is -0.852. The Balaban J connectivity index is 2.50. The number of thiophene rings is 1. The topological polar surface area (TPSA) is 44.0 Å². The van der Waals surface area contributed by atoms with Crippen LogP contribution in [-0.2, 0) is 6.42 Å². The van der Waals surface area contributed by atoms with Crippen LogP contribution in [0.1, 0.15) is 5.56 Å². The summed E-state index contributed by atoms with van der Waals surface area (Å²) in [6.45, 7) is 0. The zero-order valence-electron chi connectivity index (χ0n) is 5.32. The molecule has 0 saturated carbocycles. The van der Waals surface area contributed by atoms with Crippen molar-refractivity contribution >= 4 is 11.3 Å². The Labute approximate surface area is 63.4 Å². The van der Waals surface area contributed by atoms with Gasteiger partial charge in [0.1, 0.15) is 6.10 Å². The van der Waals surface area contributed by atoms with E-state index in [0.29, 0.717) is 6.42 Å². The van der Waals surface area contributed by atoms with Gasteiger partial charge in [-0.25, -0.2) is 0 Å². The van der Waals surface area contributed by atoms with Crippen molar-refractivity contribution in [1.82, 2.24) is 0 Å². The van der Waals surface area contributed by atoms with Crippen LogP contribution in [0.15, 0.2) is 16.8 Å². The third kappa shape index (κ3) is 1.83. The fourth-order valence-corrected chi connectivity index (χ4v) is 1.36. The van der Waals surface area contributed by atoms with Crippen molar-refractivity contribution < 1.29 is 5.11 Å². The maximum Gasteiger partial charge on any atom is 0.144 e. The molecule has 1 atom stereocenters. The summed E-state index contributed by atoms with van der Waals surface area (Å²) in [7, 11) is 0. The van der Waals surface area contributed by atoms with E-state index in [0.717, 1.165) is 5.56 Å². The van der Waals surface area contributed by atoms with E-state index in [-0.39, 0.29) is 0 Å². The third-order valence-electron chi connectivity index (χ3n) is 1.16. The van der Waals surface area contributed by atoms with E-state index >= 15 is 0 Å². The van der Waals surface area contributed by atoms with Crippen LogP contribution in [0, 0.1) is 11.3 Å². The number of rotatable bonds is 2. The van der Waals surface area contributed by atoms with E-state index in [4.69, 9.17) is 10.4 Å². The van der Waals surface area contributed by atoms with E-state index in [1.165, 1.54) is 0 Å². The highest BCUT2D eigenvalue weighted by Crippen LogP contribution is 2.07. The second-order valence-corrected chi connectivity index (χ2v) is 2.76. The lowest BCUT2D eigenvalue weighted by molar-refractivity contribution is 0.231. The summed E-state index contributed by atoms with van der Waals surface area (Å²) in [5.41, 5.74) is 1.03. The quantitative estimate of drug-likeness (QED) is 0.648. The standard InChI is InChI=1S/C7H7NOS/c8-4-7(9)3-6-1-2-10-5-6/h1-2,5,7,9H,3H2/t7-/m0/s1. The van der Waals surface area contributed by atoms with Crippen LogP contribution in [0.5, 0.6) is 0 Å². The SMILES string of the molecule is N#C[C@@H](O)Cc1ccsc1. The first-order chi connectivity index (χ1) is 4.83. The zero-order valence-corrected chi connectivity index (χ0v) is 6.14. The van der Waals surface area contributed by atoms with Gasteiger partial charge in [0, 0.05) is 6.42 Å². The average molecular weight is 153 g/mol. The molecular formula is C7H7NOS. The molecule has 1 heterocycles. The van der Waals surface area contributed by atoms with E-state index in [2.05, 4.69) is 0 Å². The van der Waals surface area contributed by atoms with Gasteiger partial charge in [-0.15, -0.1) is 0 Å². The van der Waals surface area contributed by atoms with Crippen LogP contribution in [0.2, 0.25) is 0 Å². The lowest BCUT2D eigenvalue weighted by Gasteiger charge is -1.95. The van der Waals surface area contributed by atoms with Gasteiger partial charge in [0.25, 0.3) is 0 Å². The fraction of sp³-hybridized carbons (Fsp3) is 0.286. The van der Waals surface area contributed by atoms with E-state index in [1.807, 2.05) is 16.8 Å². The molecule has 0 saturated heterocycles. The Morgan fingerprint density at radius 3 is 3.10 bits per heavy atom. The first-order valence-corrected chi connectivity index (χ1v) is 3.86. The van der Waals surface area contributed by atoms with Gasteiger partial charge in [-0.1, -0.05) is 0 Å². The van der Waals surface area contributed by atoms with Gasteiger partial charge in [-0.2, -0.15) is 16.6 Å². The Morgan fingerprint density at radius 1 is 1.80 bits per heavy atom. The first kappa shape index (κ1) is 7.26. The maximum atomic E-state index is 8.87. The molecule has 10 heavy (non-hydrogen) atoms. The summed E-state index contributed by atoms with van der Waals surface area (Å²) >= 11 is 1.57. The summed E-state index contributed by atoms with van der Waals surface area (Å²) < 4.78 is 0. The predicted octanol–water partition coefficient (Wildman–Crippen LogP) is 1.18. The van der Waals surface area contributed by atoms with Crippen molar-refractivity contribution in [3.8, 4) is 6.07 Å². The maximum absolute atomic E-state index is 8.87. The first-order valence-electron chi connectivity index (χ1n) is 2.91. The van der Waals surface area contributed by atoms with Crippen molar-refractivity contribution in [2.75, 3.05) is 0 Å². The van der Waals surface area contributed by atoms with E-state index in [1.54, 1.807) is 17.4 Å². The molecule has 2 nitrogen and oxygen atoms in total. The molecule has 0 unspecified atom stereocenters. The highest BCUT2D eigenvalue weighted by Gasteiger charge is 2.01. The minimum Gasteiger partial charge on any atom is -0.378 e. The summed E-state index contributed by atoms with van der Waals surface area (Å²) in [5.74, 6) is 0.